The van der Waals surface area contributed by atoms with Crippen LogP contribution in [0, 0.1) is 11.2 Å². The van der Waals surface area contributed by atoms with Gasteiger partial charge in [0.2, 0.25) is 0 Å². The molecule has 136 valence electrons. The van der Waals surface area contributed by atoms with Crippen LogP contribution in [0.5, 0.6) is 5.75 Å². The minimum Gasteiger partial charge on any atom is -0.497 e. The van der Waals surface area contributed by atoms with E-state index in [-0.39, 0.29) is 11.2 Å². The molecule has 0 saturated heterocycles. The summed E-state index contributed by atoms with van der Waals surface area (Å²) in [6.45, 7) is 14.3. The average molecular weight is 342 g/mol. The van der Waals surface area contributed by atoms with E-state index in [1.807, 2.05) is 26.0 Å². The van der Waals surface area contributed by atoms with Crippen LogP contribution in [0.1, 0.15) is 45.7 Å². The molecule has 0 radical (unpaired) electrons. The Morgan fingerprint density at radius 3 is 2.32 bits per heavy atom. The summed E-state index contributed by atoms with van der Waals surface area (Å²) >= 11 is 0. The third-order valence-corrected chi connectivity index (χ3v) is 4.24. The molecule has 0 heterocycles. The zero-order valence-electron chi connectivity index (χ0n) is 16.4. The Labute approximate surface area is 152 Å². The van der Waals surface area contributed by atoms with Gasteiger partial charge in [-0.1, -0.05) is 58.9 Å². The molecule has 0 N–H and O–H groups in total. The molecule has 0 amide bonds. The van der Waals surface area contributed by atoms with E-state index < -0.39 is 0 Å². The van der Waals surface area contributed by atoms with E-state index in [0.717, 1.165) is 24.0 Å². The molecule has 0 aliphatic rings. The Morgan fingerprint density at radius 2 is 1.76 bits per heavy atom. The van der Waals surface area contributed by atoms with E-state index >= 15 is 0 Å². The summed E-state index contributed by atoms with van der Waals surface area (Å²) in [5.74, 6) is 0.433. The standard InChI is InChI=1S/C21H25FO.C2H6/c1-6-15-8-10-18(16(12-15)14-21(3,4)7-2)19-13-17(23-5)9-11-20(19)22;1-2/h7-13H,2,6,14H2,1,3-5H3;1-2H3. The number of halogens is 1. The van der Waals surface area contributed by atoms with Crippen molar-refractivity contribution < 1.29 is 9.13 Å². The third-order valence-electron chi connectivity index (χ3n) is 4.24. The summed E-state index contributed by atoms with van der Waals surface area (Å²) in [6.07, 6.45) is 3.73. The fourth-order valence-corrected chi connectivity index (χ4v) is 2.68. The van der Waals surface area contributed by atoms with Gasteiger partial charge in [-0.15, -0.1) is 6.58 Å². The number of hydrogen-bond acceptors (Lipinski definition) is 1. The summed E-state index contributed by atoms with van der Waals surface area (Å²) in [5.41, 5.74) is 3.86. The van der Waals surface area contributed by atoms with E-state index in [9.17, 15) is 4.39 Å². The van der Waals surface area contributed by atoms with Gasteiger partial charge < -0.3 is 4.74 Å². The fraction of sp³-hybridized carbons (Fsp3) is 0.391. The second-order valence-corrected chi connectivity index (χ2v) is 6.56. The molecule has 0 unspecified atom stereocenters. The first kappa shape index (κ1) is 21.0. The molecule has 2 rings (SSSR count). The normalized spacial score (nSPS) is 10.7. The van der Waals surface area contributed by atoms with Gasteiger partial charge in [0.15, 0.2) is 0 Å². The summed E-state index contributed by atoms with van der Waals surface area (Å²) in [5, 5.41) is 0. The Hall–Kier alpha value is -2.09. The maximum atomic E-state index is 14.4. The second kappa shape index (κ2) is 9.41. The predicted molar refractivity (Wildman–Crippen MR) is 107 cm³/mol. The Kier molecular flexibility index (Phi) is 7.89. The minimum absolute atomic E-state index is 0.0452. The van der Waals surface area contributed by atoms with E-state index in [2.05, 4.69) is 39.5 Å². The lowest BCUT2D eigenvalue weighted by molar-refractivity contribution is 0.414. The number of rotatable bonds is 6. The van der Waals surface area contributed by atoms with Crippen molar-refractivity contribution >= 4 is 0 Å². The van der Waals surface area contributed by atoms with Crippen molar-refractivity contribution in [1.29, 1.82) is 0 Å². The molecule has 0 aromatic heterocycles. The topological polar surface area (TPSA) is 9.23 Å². The van der Waals surface area contributed by atoms with Gasteiger partial charge in [0.25, 0.3) is 0 Å². The quantitative estimate of drug-likeness (QED) is 0.522. The van der Waals surface area contributed by atoms with Gasteiger partial charge in [-0.05, 0) is 53.1 Å². The number of hydrogen-bond donors (Lipinski definition) is 0. The highest BCUT2D eigenvalue weighted by Gasteiger charge is 2.19. The molecule has 0 aliphatic heterocycles. The first-order valence-corrected chi connectivity index (χ1v) is 8.99. The monoisotopic (exact) mass is 342 g/mol. The van der Waals surface area contributed by atoms with E-state index in [1.165, 1.54) is 11.6 Å². The SMILES string of the molecule is C=CC(C)(C)Cc1cc(CC)ccc1-c1cc(OC)ccc1F.CC. The van der Waals surface area contributed by atoms with E-state index in [1.54, 1.807) is 19.2 Å². The lowest BCUT2D eigenvalue weighted by atomic mass is 9.82. The van der Waals surface area contributed by atoms with Crippen LogP contribution in [0.4, 0.5) is 4.39 Å². The second-order valence-electron chi connectivity index (χ2n) is 6.56. The molecule has 25 heavy (non-hydrogen) atoms. The van der Waals surface area contributed by atoms with Gasteiger partial charge in [0.1, 0.15) is 11.6 Å². The zero-order chi connectivity index (χ0) is 19.0. The first-order valence-electron chi connectivity index (χ1n) is 8.99. The third kappa shape index (κ3) is 5.45. The predicted octanol–water partition coefficient (Wildman–Crippen LogP) is 6.84. The van der Waals surface area contributed by atoms with Crippen molar-refractivity contribution in [2.24, 2.45) is 5.41 Å². The fourth-order valence-electron chi connectivity index (χ4n) is 2.68. The van der Waals surface area contributed by atoms with Crippen LogP contribution in [0.15, 0.2) is 49.1 Å². The van der Waals surface area contributed by atoms with Crippen molar-refractivity contribution in [2.45, 2.75) is 47.5 Å². The number of methoxy groups -OCH3 is 1. The highest BCUT2D eigenvalue weighted by Crippen LogP contribution is 2.34. The van der Waals surface area contributed by atoms with E-state index in [4.69, 9.17) is 4.74 Å². The van der Waals surface area contributed by atoms with Gasteiger partial charge in [0.05, 0.1) is 7.11 Å². The molecular weight excluding hydrogens is 311 g/mol. The average Bonchev–Trinajstić information content (AvgIpc) is 2.63. The maximum absolute atomic E-state index is 14.4. The molecule has 0 bridgehead atoms. The summed E-state index contributed by atoms with van der Waals surface area (Å²) in [4.78, 5) is 0. The smallest absolute Gasteiger partial charge is 0.131 e. The minimum atomic E-state index is -0.229. The van der Waals surface area contributed by atoms with Crippen LogP contribution in [-0.2, 0) is 12.8 Å². The van der Waals surface area contributed by atoms with Crippen molar-refractivity contribution in [2.75, 3.05) is 7.11 Å². The lowest BCUT2D eigenvalue weighted by Gasteiger charge is -2.23. The number of ether oxygens (including phenoxy) is 1. The van der Waals surface area contributed by atoms with Crippen LogP contribution in [0.3, 0.4) is 0 Å². The molecule has 2 heteroatoms. The number of benzene rings is 2. The molecule has 2 aromatic rings. The van der Waals surface area contributed by atoms with Crippen molar-refractivity contribution in [1.82, 2.24) is 0 Å². The van der Waals surface area contributed by atoms with Gasteiger partial charge in [-0.2, -0.15) is 0 Å². The zero-order valence-corrected chi connectivity index (χ0v) is 16.4. The van der Waals surface area contributed by atoms with Crippen LogP contribution in [-0.4, -0.2) is 7.11 Å². The van der Waals surface area contributed by atoms with Gasteiger partial charge in [0, 0.05) is 5.56 Å². The highest BCUT2D eigenvalue weighted by atomic mass is 19.1. The molecule has 0 atom stereocenters. The summed E-state index contributed by atoms with van der Waals surface area (Å²) in [7, 11) is 1.60. The van der Waals surface area contributed by atoms with Gasteiger partial charge >= 0.3 is 0 Å². The number of aryl methyl sites for hydroxylation is 1. The molecule has 1 nitrogen and oxygen atoms in total. The number of allylic oxidation sites excluding steroid dienone is 1. The van der Waals surface area contributed by atoms with Crippen molar-refractivity contribution in [3.63, 3.8) is 0 Å². The molecule has 2 aromatic carbocycles. The van der Waals surface area contributed by atoms with Crippen LogP contribution in [0.25, 0.3) is 11.1 Å². The van der Waals surface area contributed by atoms with Crippen molar-refractivity contribution in [3.8, 4) is 16.9 Å². The van der Waals surface area contributed by atoms with Crippen molar-refractivity contribution in [3.05, 3.63) is 66.0 Å². The molecule has 0 saturated carbocycles. The molecule has 0 fully saturated rings. The Balaban J connectivity index is 0.00000151. The molecule has 0 spiro atoms. The molecule has 0 aliphatic carbocycles. The van der Waals surface area contributed by atoms with Crippen LogP contribution < -0.4 is 4.74 Å². The highest BCUT2D eigenvalue weighted by molar-refractivity contribution is 5.70. The maximum Gasteiger partial charge on any atom is 0.131 e. The summed E-state index contributed by atoms with van der Waals surface area (Å²) in [6, 6.07) is 11.1. The van der Waals surface area contributed by atoms with Gasteiger partial charge in [-0.3, -0.25) is 0 Å². The summed E-state index contributed by atoms with van der Waals surface area (Å²) < 4.78 is 19.6. The Bertz CT molecular complexity index is 701. The van der Waals surface area contributed by atoms with Crippen LogP contribution in [0.2, 0.25) is 0 Å². The lowest BCUT2D eigenvalue weighted by Crippen LogP contribution is -2.12. The van der Waals surface area contributed by atoms with E-state index in [0.29, 0.717) is 11.3 Å². The van der Waals surface area contributed by atoms with Gasteiger partial charge in [-0.25, -0.2) is 4.39 Å². The molecular formula is C23H31FO. The first-order chi connectivity index (χ1) is 11.9. The van der Waals surface area contributed by atoms with Crippen LogP contribution >= 0.6 is 0 Å². The largest absolute Gasteiger partial charge is 0.497 e. The Morgan fingerprint density at radius 1 is 1.08 bits per heavy atom.